The third kappa shape index (κ3) is 2.28. The number of ether oxygens (including phenoxy) is 1. The van der Waals surface area contributed by atoms with E-state index in [1.807, 2.05) is 0 Å². The van der Waals surface area contributed by atoms with Crippen molar-refractivity contribution in [3.05, 3.63) is 28.3 Å². The molecule has 0 unspecified atom stereocenters. The van der Waals surface area contributed by atoms with E-state index < -0.39 is 23.0 Å². The Balaban J connectivity index is 2.94. The Labute approximate surface area is 76.7 Å². The van der Waals surface area contributed by atoms with Crippen LogP contribution in [0.1, 0.15) is 0 Å². The van der Waals surface area contributed by atoms with E-state index in [1.54, 1.807) is 0 Å². The average Bonchev–Trinajstić information content (AvgIpc) is 2.01. The molecule has 0 atom stereocenters. The maximum absolute atomic E-state index is 11.7. The molecule has 1 aromatic carbocycles. The molecule has 0 aliphatic rings. The molecule has 0 radical (unpaired) electrons. The van der Waals surface area contributed by atoms with Gasteiger partial charge in [0.15, 0.2) is 5.75 Å². The van der Waals surface area contributed by atoms with Crippen molar-refractivity contribution < 1.29 is 23.5 Å². The summed E-state index contributed by atoms with van der Waals surface area (Å²) in [5.74, 6) is -1.05. The summed E-state index contributed by atoms with van der Waals surface area (Å²) < 4.78 is 27.3. The summed E-state index contributed by atoms with van der Waals surface area (Å²) in [6.45, 7) is -3.03. The molecule has 0 aromatic heterocycles. The first kappa shape index (κ1) is 10.2. The summed E-state index contributed by atoms with van der Waals surface area (Å²) in [5.41, 5.74) is -0.563. The highest BCUT2D eigenvalue weighted by Gasteiger charge is 2.14. The van der Waals surface area contributed by atoms with Gasteiger partial charge in [-0.15, -0.1) is 0 Å². The number of halogens is 2. The minimum atomic E-state index is -3.03. The van der Waals surface area contributed by atoms with E-state index in [4.69, 9.17) is 5.11 Å². The summed E-state index contributed by atoms with van der Waals surface area (Å²) in [7, 11) is 0. The Bertz CT molecular complexity index is 356. The summed E-state index contributed by atoms with van der Waals surface area (Å²) >= 11 is 0. The Morgan fingerprint density at radius 2 is 2.14 bits per heavy atom. The normalized spacial score (nSPS) is 10.2. The van der Waals surface area contributed by atoms with Gasteiger partial charge in [-0.3, -0.25) is 10.1 Å². The summed E-state index contributed by atoms with van der Waals surface area (Å²) in [4.78, 5) is 9.38. The zero-order chi connectivity index (χ0) is 10.7. The Kier molecular flexibility index (Phi) is 2.80. The van der Waals surface area contributed by atoms with Gasteiger partial charge in [-0.05, 0) is 6.07 Å². The smallest absolute Gasteiger partial charge is 0.387 e. The summed E-state index contributed by atoms with van der Waals surface area (Å²) in [6.07, 6.45) is 0. The van der Waals surface area contributed by atoms with Gasteiger partial charge in [0.1, 0.15) is 5.75 Å². The number of hydrogen-bond acceptors (Lipinski definition) is 4. The number of nitro benzene ring substituents is 1. The van der Waals surface area contributed by atoms with Gasteiger partial charge >= 0.3 is 12.3 Å². The van der Waals surface area contributed by atoms with E-state index >= 15 is 0 Å². The predicted molar refractivity (Wildman–Crippen MR) is 41.4 cm³/mol. The predicted octanol–water partition coefficient (Wildman–Crippen LogP) is 1.90. The molecule has 1 aromatic rings. The fraction of sp³-hybridized carbons (Fsp3) is 0.143. The monoisotopic (exact) mass is 205 g/mol. The number of phenolic OH excluding ortho intramolecular Hbond substituents is 1. The second kappa shape index (κ2) is 3.86. The molecule has 0 aliphatic heterocycles. The molecule has 0 aliphatic carbocycles. The van der Waals surface area contributed by atoms with Gasteiger partial charge in [-0.1, -0.05) is 0 Å². The van der Waals surface area contributed by atoms with Crippen molar-refractivity contribution in [1.82, 2.24) is 0 Å². The molecule has 0 fully saturated rings. The second-order valence-corrected chi connectivity index (χ2v) is 2.29. The molecule has 0 heterocycles. The van der Waals surface area contributed by atoms with Crippen molar-refractivity contribution in [3.8, 4) is 11.5 Å². The lowest BCUT2D eigenvalue weighted by Gasteiger charge is -2.03. The molecule has 1 N–H and O–H groups in total. The number of nitro groups is 1. The van der Waals surface area contributed by atoms with E-state index in [-0.39, 0.29) is 5.75 Å². The third-order valence-electron chi connectivity index (χ3n) is 1.37. The molecule has 76 valence electrons. The van der Waals surface area contributed by atoms with Crippen LogP contribution in [-0.4, -0.2) is 16.6 Å². The van der Waals surface area contributed by atoms with Crippen LogP contribution in [0.5, 0.6) is 11.5 Å². The zero-order valence-corrected chi connectivity index (χ0v) is 6.68. The molecular weight excluding hydrogens is 200 g/mol. The molecule has 0 spiro atoms. The molecule has 7 heteroatoms. The highest BCUT2D eigenvalue weighted by molar-refractivity contribution is 5.49. The van der Waals surface area contributed by atoms with Gasteiger partial charge in [-0.25, -0.2) is 0 Å². The van der Waals surface area contributed by atoms with Crippen molar-refractivity contribution in [3.63, 3.8) is 0 Å². The van der Waals surface area contributed by atoms with Crippen molar-refractivity contribution >= 4 is 5.69 Å². The van der Waals surface area contributed by atoms with Crippen LogP contribution in [0.3, 0.4) is 0 Å². The molecule has 14 heavy (non-hydrogen) atoms. The van der Waals surface area contributed by atoms with Crippen LogP contribution in [-0.2, 0) is 0 Å². The first-order valence-electron chi connectivity index (χ1n) is 3.43. The zero-order valence-electron chi connectivity index (χ0n) is 6.68. The van der Waals surface area contributed by atoms with Crippen LogP contribution in [0.25, 0.3) is 0 Å². The average molecular weight is 205 g/mol. The van der Waals surface area contributed by atoms with Crippen molar-refractivity contribution in [2.45, 2.75) is 6.61 Å². The van der Waals surface area contributed by atoms with Gasteiger partial charge < -0.3 is 9.84 Å². The molecule has 0 amide bonds. The van der Waals surface area contributed by atoms with Crippen LogP contribution in [0.15, 0.2) is 18.2 Å². The Hall–Kier alpha value is -1.92. The molecular formula is C7H5F2NO4. The fourth-order valence-electron chi connectivity index (χ4n) is 0.834. The largest absolute Gasteiger partial charge is 0.502 e. The maximum Gasteiger partial charge on any atom is 0.387 e. The van der Waals surface area contributed by atoms with E-state index in [1.165, 1.54) is 0 Å². The first-order valence-corrected chi connectivity index (χ1v) is 3.43. The fourth-order valence-corrected chi connectivity index (χ4v) is 0.834. The maximum atomic E-state index is 11.7. The molecule has 5 nitrogen and oxygen atoms in total. The topological polar surface area (TPSA) is 72.6 Å². The minimum Gasteiger partial charge on any atom is -0.502 e. The molecule has 1 rings (SSSR count). The number of hydrogen-bond donors (Lipinski definition) is 1. The summed E-state index contributed by atoms with van der Waals surface area (Å²) in [5, 5.41) is 19.2. The van der Waals surface area contributed by atoms with Gasteiger partial charge in [-0.2, -0.15) is 8.78 Å². The van der Waals surface area contributed by atoms with E-state index in [9.17, 15) is 18.9 Å². The third-order valence-corrected chi connectivity index (χ3v) is 1.37. The number of benzene rings is 1. The Morgan fingerprint density at radius 1 is 1.50 bits per heavy atom. The van der Waals surface area contributed by atoms with Gasteiger partial charge in [0, 0.05) is 12.1 Å². The minimum absolute atomic E-state index is 0.330. The Morgan fingerprint density at radius 3 is 2.57 bits per heavy atom. The van der Waals surface area contributed by atoms with Crippen LogP contribution in [0.4, 0.5) is 14.5 Å². The van der Waals surface area contributed by atoms with E-state index in [2.05, 4.69) is 4.74 Å². The van der Waals surface area contributed by atoms with E-state index in [0.29, 0.717) is 0 Å². The van der Waals surface area contributed by atoms with Crippen LogP contribution in [0, 0.1) is 10.1 Å². The van der Waals surface area contributed by atoms with Crippen molar-refractivity contribution in [2.24, 2.45) is 0 Å². The highest BCUT2D eigenvalue weighted by atomic mass is 19.3. The standard InChI is InChI=1S/C7H5F2NO4/c8-7(9)14-4-1-2-5(10(12)13)6(11)3-4/h1-3,7,11H. The van der Waals surface area contributed by atoms with Crippen molar-refractivity contribution in [1.29, 1.82) is 0 Å². The van der Waals surface area contributed by atoms with Crippen LogP contribution < -0.4 is 4.74 Å². The number of phenols is 1. The lowest BCUT2D eigenvalue weighted by Crippen LogP contribution is -2.01. The number of nitrogens with zero attached hydrogens (tertiary/aromatic N) is 1. The SMILES string of the molecule is O=[N+]([O-])c1ccc(OC(F)F)cc1O. The van der Waals surface area contributed by atoms with Crippen molar-refractivity contribution in [2.75, 3.05) is 0 Å². The number of rotatable bonds is 3. The second-order valence-electron chi connectivity index (χ2n) is 2.29. The highest BCUT2D eigenvalue weighted by Crippen LogP contribution is 2.30. The number of alkyl halides is 2. The lowest BCUT2D eigenvalue weighted by molar-refractivity contribution is -0.385. The molecule has 0 bridgehead atoms. The number of aromatic hydroxyl groups is 1. The van der Waals surface area contributed by atoms with Crippen LogP contribution >= 0.6 is 0 Å². The molecule has 0 saturated carbocycles. The molecule has 0 saturated heterocycles. The van der Waals surface area contributed by atoms with E-state index in [0.717, 1.165) is 18.2 Å². The van der Waals surface area contributed by atoms with Gasteiger partial charge in [0.2, 0.25) is 0 Å². The van der Waals surface area contributed by atoms with Gasteiger partial charge in [0.05, 0.1) is 4.92 Å². The quantitative estimate of drug-likeness (QED) is 0.604. The lowest BCUT2D eigenvalue weighted by atomic mass is 10.3. The van der Waals surface area contributed by atoms with Gasteiger partial charge in [0.25, 0.3) is 0 Å². The summed E-state index contributed by atoms with van der Waals surface area (Å²) in [6, 6.07) is 2.61. The first-order chi connectivity index (χ1) is 6.50. The van der Waals surface area contributed by atoms with Crippen LogP contribution in [0.2, 0.25) is 0 Å².